The molecule has 2 aromatic carbocycles. The molecule has 2 aromatic rings. The Balaban J connectivity index is 1.45. The van der Waals surface area contributed by atoms with Crippen molar-refractivity contribution in [1.29, 1.82) is 0 Å². The minimum atomic E-state index is -0.0219. The van der Waals surface area contributed by atoms with Gasteiger partial charge in [0.2, 0.25) is 5.91 Å². The number of methoxy groups -OCH3 is 1. The van der Waals surface area contributed by atoms with E-state index < -0.39 is 0 Å². The van der Waals surface area contributed by atoms with E-state index in [1.165, 1.54) is 5.56 Å². The molecule has 0 saturated carbocycles. The zero-order chi connectivity index (χ0) is 19.8. The fourth-order valence-corrected chi connectivity index (χ4v) is 3.30. The highest BCUT2D eigenvalue weighted by atomic mass is 16.5. The lowest BCUT2D eigenvalue weighted by Gasteiger charge is -2.26. The second kappa shape index (κ2) is 10.2. The molecule has 1 N–H and O–H groups in total. The number of hydrogen-bond donors (Lipinski definition) is 1. The quantitative estimate of drug-likeness (QED) is 0.759. The number of likely N-dealkylation sites (N-methyl/N-ethyl adjacent to an activating group) is 1. The van der Waals surface area contributed by atoms with Crippen LogP contribution in [0, 0.1) is 0 Å². The second-order valence-electron chi connectivity index (χ2n) is 7.16. The molecule has 1 aliphatic heterocycles. The van der Waals surface area contributed by atoms with Crippen molar-refractivity contribution >= 4 is 11.6 Å². The number of ether oxygens (including phenoxy) is 2. The first-order chi connectivity index (χ1) is 13.6. The summed E-state index contributed by atoms with van der Waals surface area (Å²) in [6, 6.07) is 16.0. The molecule has 0 radical (unpaired) electrons. The van der Waals surface area contributed by atoms with E-state index in [1.54, 1.807) is 7.11 Å². The van der Waals surface area contributed by atoms with Gasteiger partial charge in [-0.05, 0) is 42.4 Å². The first kappa shape index (κ1) is 20.3. The molecule has 1 saturated heterocycles. The molecule has 0 aromatic heterocycles. The van der Waals surface area contributed by atoms with Crippen molar-refractivity contribution in [1.82, 2.24) is 9.80 Å². The molecule has 6 nitrogen and oxygen atoms in total. The standard InChI is InChI=1S/C22H29N3O3/c1-24(15-19-4-3-5-21(14-19)27-2)17-22(26)23-20-8-6-18(7-9-20)16-25-10-12-28-13-11-25/h3-9,14H,10-13,15-17H2,1-2H3,(H,23,26). The molecule has 0 bridgehead atoms. The van der Waals surface area contributed by atoms with Crippen LogP contribution in [-0.2, 0) is 22.6 Å². The number of nitrogens with one attached hydrogen (secondary N) is 1. The molecule has 3 rings (SSSR count). The Morgan fingerprint density at radius 2 is 1.89 bits per heavy atom. The third-order valence-corrected chi connectivity index (χ3v) is 4.75. The number of anilines is 1. The smallest absolute Gasteiger partial charge is 0.238 e. The van der Waals surface area contributed by atoms with Gasteiger partial charge >= 0.3 is 0 Å². The lowest BCUT2D eigenvalue weighted by molar-refractivity contribution is -0.117. The second-order valence-corrected chi connectivity index (χ2v) is 7.16. The van der Waals surface area contributed by atoms with E-state index in [0.717, 1.165) is 49.8 Å². The number of benzene rings is 2. The van der Waals surface area contributed by atoms with Gasteiger partial charge in [0.15, 0.2) is 0 Å². The Hall–Kier alpha value is -2.41. The zero-order valence-corrected chi connectivity index (χ0v) is 16.7. The summed E-state index contributed by atoms with van der Waals surface area (Å²) in [4.78, 5) is 16.7. The van der Waals surface area contributed by atoms with E-state index in [0.29, 0.717) is 13.1 Å². The maximum Gasteiger partial charge on any atom is 0.238 e. The lowest BCUT2D eigenvalue weighted by atomic mass is 10.2. The lowest BCUT2D eigenvalue weighted by Crippen LogP contribution is -2.35. The average Bonchev–Trinajstić information content (AvgIpc) is 2.70. The molecule has 1 amide bonds. The Morgan fingerprint density at radius 1 is 1.14 bits per heavy atom. The van der Waals surface area contributed by atoms with E-state index in [9.17, 15) is 4.79 Å². The number of hydrogen-bond acceptors (Lipinski definition) is 5. The van der Waals surface area contributed by atoms with Crippen LogP contribution in [0.1, 0.15) is 11.1 Å². The number of carbonyl (C=O) groups excluding carboxylic acids is 1. The summed E-state index contributed by atoms with van der Waals surface area (Å²) in [7, 11) is 3.59. The fourth-order valence-electron chi connectivity index (χ4n) is 3.30. The van der Waals surface area contributed by atoms with Crippen LogP contribution in [0.3, 0.4) is 0 Å². The number of morpholine rings is 1. The summed E-state index contributed by atoms with van der Waals surface area (Å²) in [6.45, 7) is 5.47. The summed E-state index contributed by atoms with van der Waals surface area (Å²) in [5, 5.41) is 2.97. The molecule has 0 atom stereocenters. The first-order valence-corrected chi connectivity index (χ1v) is 9.63. The SMILES string of the molecule is COc1cccc(CN(C)CC(=O)Nc2ccc(CN3CCOCC3)cc2)c1. The highest BCUT2D eigenvalue weighted by molar-refractivity contribution is 5.92. The first-order valence-electron chi connectivity index (χ1n) is 9.63. The third-order valence-electron chi connectivity index (χ3n) is 4.75. The Kier molecular flexibility index (Phi) is 7.42. The summed E-state index contributed by atoms with van der Waals surface area (Å²) in [5.41, 5.74) is 3.18. The molecule has 1 aliphatic rings. The van der Waals surface area contributed by atoms with Crippen LogP contribution in [0.5, 0.6) is 5.75 Å². The van der Waals surface area contributed by atoms with Crippen molar-refractivity contribution in [3.63, 3.8) is 0 Å². The van der Waals surface area contributed by atoms with Crippen LogP contribution in [0.2, 0.25) is 0 Å². The molecule has 6 heteroatoms. The Labute approximate surface area is 167 Å². The van der Waals surface area contributed by atoms with Crippen molar-refractivity contribution in [2.24, 2.45) is 0 Å². The highest BCUT2D eigenvalue weighted by Crippen LogP contribution is 2.15. The van der Waals surface area contributed by atoms with Crippen LogP contribution in [0.15, 0.2) is 48.5 Å². The van der Waals surface area contributed by atoms with Crippen LogP contribution in [0.25, 0.3) is 0 Å². The Bertz CT molecular complexity index is 758. The van der Waals surface area contributed by atoms with Crippen LogP contribution in [0.4, 0.5) is 5.69 Å². The average molecular weight is 383 g/mol. The molecule has 28 heavy (non-hydrogen) atoms. The van der Waals surface area contributed by atoms with Crippen LogP contribution < -0.4 is 10.1 Å². The largest absolute Gasteiger partial charge is 0.497 e. The zero-order valence-electron chi connectivity index (χ0n) is 16.7. The molecule has 1 heterocycles. The van der Waals surface area contributed by atoms with Crippen molar-refractivity contribution < 1.29 is 14.3 Å². The van der Waals surface area contributed by atoms with E-state index in [2.05, 4.69) is 22.3 Å². The predicted molar refractivity (Wildman–Crippen MR) is 110 cm³/mol. The van der Waals surface area contributed by atoms with Gasteiger partial charge in [-0.15, -0.1) is 0 Å². The molecule has 0 unspecified atom stereocenters. The summed E-state index contributed by atoms with van der Waals surface area (Å²) >= 11 is 0. The summed E-state index contributed by atoms with van der Waals surface area (Å²) < 4.78 is 10.6. The van der Waals surface area contributed by atoms with Gasteiger partial charge in [0.1, 0.15) is 5.75 Å². The Morgan fingerprint density at radius 3 is 2.61 bits per heavy atom. The molecule has 0 aliphatic carbocycles. The molecule has 0 spiro atoms. The topological polar surface area (TPSA) is 54.0 Å². The van der Waals surface area contributed by atoms with Crippen molar-refractivity contribution in [3.8, 4) is 5.75 Å². The van der Waals surface area contributed by atoms with Crippen LogP contribution >= 0.6 is 0 Å². The predicted octanol–water partition coefficient (Wildman–Crippen LogP) is 2.60. The molecule has 1 fully saturated rings. The van der Waals surface area contributed by atoms with E-state index >= 15 is 0 Å². The van der Waals surface area contributed by atoms with Crippen molar-refractivity contribution in [3.05, 3.63) is 59.7 Å². The molecular weight excluding hydrogens is 354 g/mol. The number of nitrogens with zero attached hydrogens (tertiary/aromatic N) is 2. The third kappa shape index (κ3) is 6.34. The van der Waals surface area contributed by atoms with Crippen molar-refractivity contribution in [2.45, 2.75) is 13.1 Å². The van der Waals surface area contributed by atoms with Gasteiger partial charge in [0.25, 0.3) is 0 Å². The normalized spacial score (nSPS) is 14.8. The van der Waals surface area contributed by atoms with Gasteiger partial charge in [-0.2, -0.15) is 0 Å². The van der Waals surface area contributed by atoms with E-state index in [-0.39, 0.29) is 5.91 Å². The van der Waals surface area contributed by atoms with Gasteiger partial charge in [-0.1, -0.05) is 24.3 Å². The van der Waals surface area contributed by atoms with Gasteiger partial charge in [0.05, 0.1) is 26.9 Å². The minimum absolute atomic E-state index is 0.0219. The summed E-state index contributed by atoms with van der Waals surface area (Å²) in [6.07, 6.45) is 0. The van der Waals surface area contributed by atoms with Gasteiger partial charge < -0.3 is 14.8 Å². The minimum Gasteiger partial charge on any atom is -0.497 e. The van der Waals surface area contributed by atoms with E-state index in [4.69, 9.17) is 9.47 Å². The van der Waals surface area contributed by atoms with Gasteiger partial charge in [-0.3, -0.25) is 14.6 Å². The maximum atomic E-state index is 12.3. The number of amides is 1. The maximum absolute atomic E-state index is 12.3. The summed E-state index contributed by atoms with van der Waals surface area (Å²) in [5.74, 6) is 0.804. The number of carbonyl (C=O) groups is 1. The number of rotatable bonds is 8. The van der Waals surface area contributed by atoms with Gasteiger partial charge in [-0.25, -0.2) is 0 Å². The highest BCUT2D eigenvalue weighted by Gasteiger charge is 2.11. The van der Waals surface area contributed by atoms with E-state index in [1.807, 2.05) is 48.3 Å². The fraction of sp³-hybridized carbons (Fsp3) is 0.409. The van der Waals surface area contributed by atoms with Crippen molar-refractivity contribution in [2.75, 3.05) is 52.3 Å². The van der Waals surface area contributed by atoms with Crippen LogP contribution in [-0.4, -0.2) is 62.7 Å². The molecule has 150 valence electrons. The van der Waals surface area contributed by atoms with Gasteiger partial charge in [0, 0.05) is 31.9 Å². The molecular formula is C22H29N3O3. The monoisotopic (exact) mass is 383 g/mol.